The fraction of sp³-hybridized carbons (Fsp3) is 0.520. The molecule has 4 aliphatic rings. The average molecular weight is 392 g/mol. The van der Waals surface area contributed by atoms with Crippen LogP contribution in [0.2, 0.25) is 0 Å². The van der Waals surface area contributed by atoms with Crippen molar-refractivity contribution in [2.75, 3.05) is 6.61 Å². The van der Waals surface area contributed by atoms with Crippen LogP contribution in [0.15, 0.2) is 53.8 Å². The number of hydrogen-bond donors (Lipinski definition) is 0. The topological polar surface area (TPSA) is 46.6 Å². The molecule has 0 N–H and O–H groups in total. The Morgan fingerprint density at radius 1 is 1.00 bits per heavy atom. The number of Topliss-reactive ketones (excluding diaryl/α,β-unsaturated/α-hetero) is 1. The number of rotatable bonds is 7. The van der Waals surface area contributed by atoms with Crippen LogP contribution in [0.3, 0.4) is 0 Å². The van der Waals surface area contributed by atoms with Crippen LogP contribution in [0.25, 0.3) is 0 Å². The number of carbonyl (C=O) groups excluding carboxylic acids is 2. The Morgan fingerprint density at radius 3 is 2.52 bits per heavy atom. The van der Waals surface area contributed by atoms with E-state index in [4.69, 9.17) is 4.74 Å². The third-order valence-electron chi connectivity index (χ3n) is 7.30. The van der Waals surface area contributed by atoms with Crippen LogP contribution in [0.5, 0.6) is 0 Å². The summed E-state index contributed by atoms with van der Waals surface area (Å²) in [4.78, 5) is 28.2. The lowest BCUT2D eigenvalue weighted by Crippen LogP contribution is -2.32. The van der Waals surface area contributed by atoms with Crippen LogP contribution in [-0.2, 0) is 9.53 Å². The van der Waals surface area contributed by atoms with E-state index >= 15 is 0 Å². The number of cyclic esters (lactones) is 1. The SMILES string of the molecule is CCCCCCC1=C(N2C(=O)OC[C@H]2c2ccccc2)C(=O)[C@@H]2[C@H]1[C@H]1C=C[C@@H]2C1. The molecule has 152 valence electrons. The summed E-state index contributed by atoms with van der Waals surface area (Å²) < 4.78 is 5.46. The second-order valence-corrected chi connectivity index (χ2v) is 8.92. The summed E-state index contributed by atoms with van der Waals surface area (Å²) in [5.74, 6) is 1.30. The van der Waals surface area contributed by atoms with Gasteiger partial charge in [-0.15, -0.1) is 0 Å². The molecular weight excluding hydrogens is 362 g/mol. The summed E-state index contributed by atoms with van der Waals surface area (Å²) in [5.41, 5.74) is 2.93. The first-order valence-corrected chi connectivity index (χ1v) is 11.2. The highest BCUT2D eigenvalue weighted by molar-refractivity contribution is 6.04. The van der Waals surface area contributed by atoms with Crippen molar-refractivity contribution in [1.82, 2.24) is 4.90 Å². The van der Waals surface area contributed by atoms with Gasteiger partial charge in [0, 0.05) is 5.92 Å². The van der Waals surface area contributed by atoms with E-state index in [9.17, 15) is 9.59 Å². The smallest absolute Gasteiger partial charge is 0.415 e. The molecule has 2 bridgehead atoms. The van der Waals surface area contributed by atoms with Crippen LogP contribution in [-0.4, -0.2) is 23.4 Å². The van der Waals surface area contributed by atoms with Crippen molar-refractivity contribution in [2.45, 2.75) is 51.5 Å². The molecule has 4 heteroatoms. The van der Waals surface area contributed by atoms with Crippen molar-refractivity contribution in [2.24, 2.45) is 23.7 Å². The first-order valence-electron chi connectivity index (χ1n) is 11.2. The lowest BCUT2D eigenvalue weighted by Gasteiger charge is -2.25. The minimum absolute atomic E-state index is 0.0333. The lowest BCUT2D eigenvalue weighted by molar-refractivity contribution is -0.120. The van der Waals surface area contributed by atoms with Gasteiger partial charge in [0.25, 0.3) is 0 Å². The zero-order valence-corrected chi connectivity index (χ0v) is 17.0. The second-order valence-electron chi connectivity index (χ2n) is 8.92. The normalized spacial score (nSPS) is 32.4. The Labute approximate surface area is 172 Å². The van der Waals surface area contributed by atoms with Gasteiger partial charge in [0.2, 0.25) is 0 Å². The van der Waals surface area contributed by atoms with E-state index in [1.165, 1.54) is 24.8 Å². The summed E-state index contributed by atoms with van der Waals surface area (Å²) in [6, 6.07) is 9.76. The first kappa shape index (κ1) is 18.7. The Balaban J connectivity index is 1.53. The molecule has 1 saturated heterocycles. The molecule has 2 fully saturated rings. The largest absolute Gasteiger partial charge is 0.447 e. The molecule has 1 aliphatic heterocycles. The molecule has 0 aromatic heterocycles. The van der Waals surface area contributed by atoms with Gasteiger partial charge in [-0.05, 0) is 48.2 Å². The zero-order chi connectivity index (χ0) is 20.0. The van der Waals surface area contributed by atoms with Gasteiger partial charge in [0.05, 0.1) is 11.7 Å². The zero-order valence-electron chi connectivity index (χ0n) is 17.0. The molecule has 0 unspecified atom stereocenters. The predicted molar refractivity (Wildman–Crippen MR) is 111 cm³/mol. The van der Waals surface area contributed by atoms with Gasteiger partial charge in [-0.3, -0.25) is 9.69 Å². The molecule has 4 nitrogen and oxygen atoms in total. The van der Waals surface area contributed by atoms with Crippen LogP contribution in [0, 0.1) is 23.7 Å². The number of ketones is 1. The number of nitrogens with zero attached hydrogens (tertiary/aromatic N) is 1. The fourth-order valence-electron chi connectivity index (χ4n) is 6.02. The van der Waals surface area contributed by atoms with E-state index in [2.05, 4.69) is 19.1 Å². The monoisotopic (exact) mass is 391 g/mol. The summed E-state index contributed by atoms with van der Waals surface area (Å²) in [6.07, 6.45) is 10.9. The van der Waals surface area contributed by atoms with E-state index < -0.39 is 0 Å². The molecule has 5 rings (SSSR count). The van der Waals surface area contributed by atoms with Crippen molar-refractivity contribution in [3.63, 3.8) is 0 Å². The van der Waals surface area contributed by atoms with Gasteiger partial charge in [0.15, 0.2) is 5.78 Å². The quantitative estimate of drug-likeness (QED) is 0.460. The number of allylic oxidation sites excluding steroid dienone is 4. The van der Waals surface area contributed by atoms with Gasteiger partial charge >= 0.3 is 6.09 Å². The Bertz CT molecular complexity index is 871. The van der Waals surface area contributed by atoms with Crippen molar-refractivity contribution in [3.05, 3.63) is 59.3 Å². The molecule has 1 saturated carbocycles. The van der Waals surface area contributed by atoms with E-state index in [0.29, 0.717) is 30.1 Å². The second kappa shape index (κ2) is 7.47. The Kier molecular flexibility index (Phi) is 4.81. The molecule has 5 atom stereocenters. The minimum atomic E-state index is -0.367. The number of carbonyl (C=O) groups is 2. The van der Waals surface area contributed by atoms with Crippen molar-refractivity contribution in [3.8, 4) is 0 Å². The van der Waals surface area contributed by atoms with Crippen LogP contribution >= 0.6 is 0 Å². The van der Waals surface area contributed by atoms with E-state index in [1.54, 1.807) is 4.90 Å². The maximum absolute atomic E-state index is 13.6. The maximum atomic E-state index is 13.6. The molecule has 3 aliphatic carbocycles. The molecule has 0 spiro atoms. The first-order chi connectivity index (χ1) is 14.2. The van der Waals surface area contributed by atoms with Gasteiger partial charge in [-0.25, -0.2) is 4.79 Å². The summed E-state index contributed by atoms with van der Waals surface area (Å²) >= 11 is 0. The third-order valence-corrected chi connectivity index (χ3v) is 7.30. The number of fused-ring (bicyclic) bond motifs is 5. The van der Waals surface area contributed by atoms with Crippen LogP contribution < -0.4 is 0 Å². The average Bonchev–Trinajstić information content (AvgIpc) is 3.49. The number of unbranched alkanes of at least 4 members (excludes halogenated alkanes) is 3. The molecule has 29 heavy (non-hydrogen) atoms. The van der Waals surface area contributed by atoms with Crippen molar-refractivity contribution >= 4 is 11.9 Å². The van der Waals surface area contributed by atoms with Crippen molar-refractivity contribution < 1.29 is 14.3 Å². The predicted octanol–water partition coefficient (Wildman–Crippen LogP) is 5.43. The Hall–Kier alpha value is -2.36. The van der Waals surface area contributed by atoms with Gasteiger partial charge in [-0.2, -0.15) is 0 Å². The lowest BCUT2D eigenvalue weighted by atomic mass is 9.81. The standard InChI is InChI=1S/C25H29NO3/c1-2-3-4-8-11-19-21-17-12-13-18(14-17)22(21)24(27)23(19)26-20(15-29-25(26)28)16-9-6-5-7-10-16/h5-7,9-10,12-13,17-18,20-22H,2-4,8,11,14-15H2,1H3/t17-,18+,20-,21-,22-/m0/s1. The van der Waals surface area contributed by atoms with Gasteiger partial charge in [0.1, 0.15) is 6.61 Å². The molecule has 1 amide bonds. The Morgan fingerprint density at radius 2 is 1.76 bits per heavy atom. The highest BCUT2D eigenvalue weighted by atomic mass is 16.6. The molecule has 0 radical (unpaired) electrons. The summed E-state index contributed by atoms with van der Waals surface area (Å²) in [7, 11) is 0. The minimum Gasteiger partial charge on any atom is -0.447 e. The number of benzene rings is 1. The molecule has 1 heterocycles. The maximum Gasteiger partial charge on any atom is 0.415 e. The fourth-order valence-corrected chi connectivity index (χ4v) is 6.02. The molecule has 1 aromatic rings. The van der Waals surface area contributed by atoms with Crippen molar-refractivity contribution in [1.29, 1.82) is 0 Å². The van der Waals surface area contributed by atoms with Crippen LogP contribution in [0.4, 0.5) is 4.79 Å². The number of amides is 1. The molecular formula is C25H29NO3. The summed E-state index contributed by atoms with van der Waals surface area (Å²) in [6.45, 7) is 2.52. The molecule has 1 aromatic carbocycles. The summed E-state index contributed by atoms with van der Waals surface area (Å²) in [5, 5.41) is 0. The van der Waals surface area contributed by atoms with Gasteiger partial charge < -0.3 is 4.74 Å². The van der Waals surface area contributed by atoms with Gasteiger partial charge in [-0.1, -0.05) is 68.7 Å². The number of hydrogen-bond acceptors (Lipinski definition) is 3. The van der Waals surface area contributed by atoms with E-state index in [0.717, 1.165) is 24.8 Å². The third kappa shape index (κ3) is 2.95. The van der Waals surface area contributed by atoms with E-state index in [-0.39, 0.29) is 23.8 Å². The van der Waals surface area contributed by atoms with Crippen LogP contribution in [0.1, 0.15) is 57.1 Å². The van der Waals surface area contributed by atoms with E-state index in [1.807, 2.05) is 30.3 Å². The number of ether oxygens (including phenoxy) is 1. The highest BCUT2D eigenvalue weighted by Gasteiger charge is 2.57. The highest BCUT2D eigenvalue weighted by Crippen LogP contribution is 2.58.